The molecule has 120 valence electrons. The number of benzene rings is 1. The molecule has 22 heavy (non-hydrogen) atoms. The lowest BCUT2D eigenvalue weighted by atomic mass is 10.1. The number of likely N-dealkylation sites (N-methyl/N-ethyl adjacent to an activating group) is 1. The molecule has 0 N–H and O–H groups in total. The van der Waals surface area contributed by atoms with Crippen molar-refractivity contribution in [1.82, 2.24) is 15.0 Å². The second-order valence-electron chi connectivity index (χ2n) is 6.15. The van der Waals surface area contributed by atoms with Crippen molar-refractivity contribution in [3.63, 3.8) is 0 Å². The molecule has 0 fully saturated rings. The Labute approximate surface area is 141 Å². The summed E-state index contributed by atoms with van der Waals surface area (Å²) >= 11 is 3.46. The first-order chi connectivity index (χ1) is 10.5. The van der Waals surface area contributed by atoms with Crippen molar-refractivity contribution in [3.8, 4) is 0 Å². The number of hydrogen-bond acceptors (Lipinski definition) is 4. The van der Waals surface area contributed by atoms with Crippen LogP contribution in [0.1, 0.15) is 37.5 Å². The number of nitrogens with zero attached hydrogens (tertiary/aromatic N) is 3. The molecule has 0 atom stereocenters. The lowest BCUT2D eigenvalue weighted by Gasteiger charge is -2.13. The molecule has 1 heterocycles. The average Bonchev–Trinajstić information content (AvgIpc) is 2.92. The molecule has 4 nitrogen and oxygen atoms in total. The minimum Gasteiger partial charge on any atom is -0.338 e. The van der Waals surface area contributed by atoms with E-state index in [2.05, 4.69) is 76.1 Å². The van der Waals surface area contributed by atoms with E-state index in [1.165, 1.54) is 5.56 Å². The molecule has 0 unspecified atom stereocenters. The quantitative estimate of drug-likeness (QED) is 0.706. The van der Waals surface area contributed by atoms with Crippen LogP contribution >= 0.6 is 15.9 Å². The van der Waals surface area contributed by atoms with Crippen LogP contribution in [-0.2, 0) is 19.4 Å². The van der Waals surface area contributed by atoms with Gasteiger partial charge in [-0.3, -0.25) is 4.90 Å². The van der Waals surface area contributed by atoms with Crippen molar-refractivity contribution >= 4 is 15.9 Å². The van der Waals surface area contributed by atoms with E-state index >= 15 is 0 Å². The van der Waals surface area contributed by atoms with Crippen molar-refractivity contribution in [3.05, 3.63) is 46.0 Å². The minimum atomic E-state index is 0.663. The number of aryl methyl sites for hydroxylation is 1. The van der Waals surface area contributed by atoms with E-state index in [1.807, 2.05) is 0 Å². The maximum absolute atomic E-state index is 5.33. The Morgan fingerprint density at radius 2 is 1.91 bits per heavy atom. The predicted molar refractivity (Wildman–Crippen MR) is 91.6 cm³/mol. The molecule has 0 aliphatic rings. The molecule has 0 bridgehead atoms. The van der Waals surface area contributed by atoms with E-state index in [0.717, 1.165) is 36.1 Å². The SMILES string of the molecule is CC(C)CCc1noc(CN(C)CCc2ccc(Br)cc2)n1. The molecule has 2 aromatic rings. The molecule has 0 saturated heterocycles. The van der Waals surface area contributed by atoms with Crippen LogP contribution in [-0.4, -0.2) is 28.6 Å². The summed E-state index contributed by atoms with van der Waals surface area (Å²) in [4.78, 5) is 6.67. The third-order valence-corrected chi connectivity index (χ3v) is 4.08. The molecule has 1 aromatic carbocycles. The van der Waals surface area contributed by atoms with Crippen molar-refractivity contribution in [2.24, 2.45) is 5.92 Å². The Kier molecular flexibility index (Phi) is 6.58. The summed E-state index contributed by atoms with van der Waals surface area (Å²) in [6.45, 7) is 6.07. The van der Waals surface area contributed by atoms with Gasteiger partial charge in [0, 0.05) is 17.4 Å². The maximum Gasteiger partial charge on any atom is 0.240 e. The minimum absolute atomic E-state index is 0.663. The van der Waals surface area contributed by atoms with Gasteiger partial charge in [0.1, 0.15) is 0 Å². The van der Waals surface area contributed by atoms with Crippen LogP contribution in [0, 0.1) is 5.92 Å². The summed E-state index contributed by atoms with van der Waals surface area (Å²) in [5, 5.41) is 4.05. The third kappa shape index (κ3) is 5.89. The lowest BCUT2D eigenvalue weighted by molar-refractivity contribution is 0.268. The molecule has 0 amide bonds. The molecular formula is C17H24BrN3O. The van der Waals surface area contributed by atoms with Gasteiger partial charge in [0.05, 0.1) is 6.54 Å². The largest absolute Gasteiger partial charge is 0.338 e. The van der Waals surface area contributed by atoms with E-state index in [9.17, 15) is 0 Å². The van der Waals surface area contributed by atoms with Gasteiger partial charge in [-0.1, -0.05) is 47.1 Å². The van der Waals surface area contributed by atoms with E-state index in [0.29, 0.717) is 18.4 Å². The second-order valence-corrected chi connectivity index (χ2v) is 7.07. The van der Waals surface area contributed by atoms with E-state index in [-0.39, 0.29) is 0 Å². The van der Waals surface area contributed by atoms with Crippen molar-refractivity contribution in [1.29, 1.82) is 0 Å². The van der Waals surface area contributed by atoms with Gasteiger partial charge in [-0.15, -0.1) is 0 Å². The molecule has 2 rings (SSSR count). The van der Waals surface area contributed by atoms with Gasteiger partial charge in [0.15, 0.2) is 5.82 Å². The number of hydrogen-bond donors (Lipinski definition) is 0. The van der Waals surface area contributed by atoms with Crippen molar-refractivity contribution < 1.29 is 4.52 Å². The van der Waals surface area contributed by atoms with Crippen molar-refractivity contribution in [2.75, 3.05) is 13.6 Å². The summed E-state index contributed by atoms with van der Waals surface area (Å²) in [7, 11) is 2.08. The fourth-order valence-electron chi connectivity index (χ4n) is 2.15. The highest BCUT2D eigenvalue weighted by Crippen LogP contribution is 2.12. The molecule has 0 aliphatic carbocycles. The topological polar surface area (TPSA) is 42.2 Å². The molecule has 0 saturated carbocycles. The predicted octanol–water partition coefficient (Wildman–Crippen LogP) is 4.10. The van der Waals surface area contributed by atoms with Gasteiger partial charge < -0.3 is 4.52 Å². The van der Waals surface area contributed by atoms with Crippen LogP contribution in [0.2, 0.25) is 0 Å². The van der Waals surface area contributed by atoms with Crippen LogP contribution in [0.4, 0.5) is 0 Å². The molecule has 0 radical (unpaired) electrons. The Hall–Kier alpha value is -1.20. The zero-order chi connectivity index (χ0) is 15.9. The second kappa shape index (κ2) is 8.44. The fourth-order valence-corrected chi connectivity index (χ4v) is 2.42. The van der Waals surface area contributed by atoms with Crippen LogP contribution < -0.4 is 0 Å². The van der Waals surface area contributed by atoms with Gasteiger partial charge >= 0.3 is 0 Å². The Morgan fingerprint density at radius 1 is 1.18 bits per heavy atom. The average molecular weight is 366 g/mol. The standard InChI is InChI=1S/C17H24BrN3O/c1-13(2)4-9-16-19-17(22-20-16)12-21(3)11-10-14-5-7-15(18)8-6-14/h5-8,13H,4,9-12H2,1-3H3. The monoisotopic (exact) mass is 365 g/mol. The molecule has 5 heteroatoms. The first-order valence-electron chi connectivity index (χ1n) is 7.77. The molecule has 1 aromatic heterocycles. The van der Waals surface area contributed by atoms with Crippen LogP contribution in [0.15, 0.2) is 33.3 Å². The smallest absolute Gasteiger partial charge is 0.240 e. The first-order valence-corrected chi connectivity index (χ1v) is 8.56. The highest BCUT2D eigenvalue weighted by atomic mass is 79.9. The molecule has 0 spiro atoms. The van der Waals surface area contributed by atoms with Gasteiger partial charge in [-0.2, -0.15) is 4.98 Å². The Bertz CT molecular complexity index is 566. The van der Waals surface area contributed by atoms with Gasteiger partial charge in [-0.25, -0.2) is 0 Å². The summed E-state index contributed by atoms with van der Waals surface area (Å²) in [6.07, 6.45) is 3.00. The summed E-state index contributed by atoms with van der Waals surface area (Å²) in [5.41, 5.74) is 1.33. The third-order valence-electron chi connectivity index (χ3n) is 3.56. The Morgan fingerprint density at radius 3 is 2.59 bits per heavy atom. The zero-order valence-corrected chi connectivity index (χ0v) is 15.1. The van der Waals surface area contributed by atoms with Crippen LogP contribution in [0.5, 0.6) is 0 Å². The van der Waals surface area contributed by atoms with Crippen LogP contribution in [0.25, 0.3) is 0 Å². The van der Waals surface area contributed by atoms with Crippen molar-refractivity contribution in [2.45, 2.75) is 39.7 Å². The van der Waals surface area contributed by atoms with E-state index in [4.69, 9.17) is 4.52 Å². The molecular weight excluding hydrogens is 342 g/mol. The summed E-state index contributed by atoms with van der Waals surface area (Å²) < 4.78 is 6.44. The fraction of sp³-hybridized carbons (Fsp3) is 0.529. The number of aromatic nitrogens is 2. The summed E-state index contributed by atoms with van der Waals surface area (Å²) in [5.74, 6) is 2.19. The van der Waals surface area contributed by atoms with E-state index in [1.54, 1.807) is 0 Å². The number of rotatable bonds is 8. The highest BCUT2D eigenvalue weighted by Gasteiger charge is 2.09. The Balaban J connectivity index is 1.76. The summed E-state index contributed by atoms with van der Waals surface area (Å²) in [6, 6.07) is 8.45. The normalized spacial score (nSPS) is 11.5. The number of halogens is 1. The van der Waals surface area contributed by atoms with Gasteiger partial charge in [-0.05, 0) is 43.5 Å². The van der Waals surface area contributed by atoms with E-state index < -0.39 is 0 Å². The van der Waals surface area contributed by atoms with Crippen LogP contribution in [0.3, 0.4) is 0 Å². The first kappa shape index (κ1) is 17.2. The highest BCUT2D eigenvalue weighted by molar-refractivity contribution is 9.10. The molecule has 0 aliphatic heterocycles. The maximum atomic E-state index is 5.33. The van der Waals surface area contributed by atoms with Gasteiger partial charge in [0.2, 0.25) is 5.89 Å². The zero-order valence-electron chi connectivity index (χ0n) is 13.6. The van der Waals surface area contributed by atoms with Gasteiger partial charge in [0.25, 0.3) is 0 Å². The lowest BCUT2D eigenvalue weighted by Crippen LogP contribution is -2.20.